The van der Waals surface area contributed by atoms with Crippen LogP contribution >= 0.6 is 0 Å². The summed E-state index contributed by atoms with van der Waals surface area (Å²) in [7, 11) is -3.09. The molecule has 3 aromatic rings. The van der Waals surface area contributed by atoms with Crippen LogP contribution < -0.4 is 14.8 Å². The average Bonchev–Trinajstić information content (AvgIpc) is 3.19. The van der Waals surface area contributed by atoms with E-state index in [1.54, 1.807) is 6.92 Å². The van der Waals surface area contributed by atoms with E-state index in [9.17, 15) is 26.4 Å². The number of carbonyl (C=O) groups excluding carboxylic acids is 1. The molecule has 1 N–H and O–H groups in total. The van der Waals surface area contributed by atoms with Crippen molar-refractivity contribution in [3.8, 4) is 17.4 Å². The van der Waals surface area contributed by atoms with Gasteiger partial charge in [0.1, 0.15) is 21.1 Å². The van der Waals surface area contributed by atoms with E-state index in [0.717, 1.165) is 0 Å². The van der Waals surface area contributed by atoms with Crippen LogP contribution in [0.2, 0.25) is 0 Å². The number of nitrogens with zero attached hydrogens (tertiary/aromatic N) is 2. The van der Waals surface area contributed by atoms with Gasteiger partial charge < -0.3 is 19.2 Å². The molecule has 2 aromatic heterocycles. The van der Waals surface area contributed by atoms with Crippen LogP contribution in [0.5, 0.6) is 17.4 Å². The van der Waals surface area contributed by atoms with Crippen molar-refractivity contribution in [2.75, 3.05) is 18.1 Å². The molecule has 0 unspecified atom stereocenters. The minimum Gasteiger partial charge on any atom is -0.478 e. The minimum absolute atomic E-state index is 0.0137. The summed E-state index contributed by atoms with van der Waals surface area (Å²) in [5, 5.41) is 2.79. The normalized spacial score (nSPS) is 17.3. The largest absolute Gasteiger partial charge is 0.478 e. The number of oxazole rings is 1. The van der Waals surface area contributed by atoms with Crippen molar-refractivity contribution in [2.24, 2.45) is 0 Å². The Labute approximate surface area is 192 Å². The van der Waals surface area contributed by atoms with E-state index in [1.807, 2.05) is 0 Å². The van der Waals surface area contributed by atoms with E-state index in [4.69, 9.17) is 13.9 Å². The van der Waals surface area contributed by atoms with Gasteiger partial charge >= 0.3 is 12.1 Å². The molecule has 34 heavy (non-hydrogen) atoms. The lowest BCUT2D eigenvalue weighted by atomic mass is 9.95. The third-order valence-electron chi connectivity index (χ3n) is 5.24. The summed E-state index contributed by atoms with van der Waals surface area (Å²) >= 11 is 0. The number of ether oxygens (including phenoxy) is 2. The van der Waals surface area contributed by atoms with Gasteiger partial charge in [-0.05, 0) is 44.0 Å². The Balaban J connectivity index is 1.48. The number of rotatable bonds is 6. The Morgan fingerprint density at radius 1 is 1.24 bits per heavy atom. The Bertz CT molecular complexity index is 1310. The predicted octanol–water partition coefficient (Wildman–Crippen LogP) is 3.65. The number of aromatic nitrogens is 2. The second-order valence-corrected chi connectivity index (χ2v) is 10.4. The van der Waals surface area contributed by atoms with Crippen LogP contribution in [0.15, 0.2) is 40.9 Å². The van der Waals surface area contributed by atoms with Crippen LogP contribution in [0.4, 0.5) is 13.2 Å². The van der Waals surface area contributed by atoms with Gasteiger partial charge in [-0.3, -0.25) is 4.79 Å². The lowest BCUT2D eigenvalue weighted by molar-refractivity contribution is -0.153. The first-order valence-electron chi connectivity index (χ1n) is 10.2. The first kappa shape index (κ1) is 23.8. The van der Waals surface area contributed by atoms with Gasteiger partial charge in [-0.2, -0.15) is 13.2 Å². The zero-order chi connectivity index (χ0) is 24.6. The van der Waals surface area contributed by atoms with Crippen molar-refractivity contribution in [3.63, 3.8) is 0 Å². The molecular formula is C21H20F3N3O6S. The van der Waals surface area contributed by atoms with E-state index in [-0.39, 0.29) is 58.7 Å². The maximum absolute atomic E-state index is 12.7. The number of sulfone groups is 1. The summed E-state index contributed by atoms with van der Waals surface area (Å²) in [5.41, 5.74) is -0.153. The summed E-state index contributed by atoms with van der Waals surface area (Å²) in [6, 6.07) is 7.11. The average molecular weight is 499 g/mol. The summed E-state index contributed by atoms with van der Waals surface area (Å²) in [6.07, 6.45) is -2.62. The van der Waals surface area contributed by atoms with Crippen molar-refractivity contribution >= 4 is 26.8 Å². The lowest BCUT2D eigenvalue weighted by Gasteiger charge is -2.33. The molecule has 1 aliphatic rings. The SMILES string of the molecule is CC1(NC(=O)c2nc3cc(Oc4ncccc4OCC(F)(F)F)ccc3o2)CCS(=O)(=O)CC1. The van der Waals surface area contributed by atoms with Crippen molar-refractivity contribution in [2.45, 2.75) is 31.5 Å². The van der Waals surface area contributed by atoms with E-state index in [2.05, 4.69) is 15.3 Å². The number of carbonyl (C=O) groups is 1. The van der Waals surface area contributed by atoms with E-state index in [0.29, 0.717) is 0 Å². The fourth-order valence-electron chi connectivity index (χ4n) is 3.34. The van der Waals surface area contributed by atoms with E-state index in [1.165, 1.54) is 36.5 Å². The van der Waals surface area contributed by atoms with Crippen molar-refractivity contribution in [1.82, 2.24) is 15.3 Å². The van der Waals surface area contributed by atoms with E-state index >= 15 is 0 Å². The molecular weight excluding hydrogens is 479 g/mol. The maximum atomic E-state index is 12.7. The first-order valence-corrected chi connectivity index (χ1v) is 12.0. The lowest BCUT2D eigenvalue weighted by Crippen LogP contribution is -2.51. The van der Waals surface area contributed by atoms with Crippen LogP contribution in [0.3, 0.4) is 0 Å². The van der Waals surface area contributed by atoms with Crippen LogP contribution in [0, 0.1) is 0 Å². The molecule has 0 saturated carbocycles. The van der Waals surface area contributed by atoms with Gasteiger partial charge in [0.15, 0.2) is 17.9 Å². The molecule has 1 amide bonds. The van der Waals surface area contributed by atoms with Crippen LogP contribution in [-0.2, 0) is 9.84 Å². The number of hydrogen-bond donors (Lipinski definition) is 1. The third kappa shape index (κ3) is 5.76. The fraction of sp³-hybridized carbons (Fsp3) is 0.381. The number of hydrogen-bond acceptors (Lipinski definition) is 8. The highest BCUT2D eigenvalue weighted by molar-refractivity contribution is 7.91. The van der Waals surface area contributed by atoms with Gasteiger partial charge in [0.25, 0.3) is 11.8 Å². The van der Waals surface area contributed by atoms with Gasteiger partial charge in [-0.25, -0.2) is 18.4 Å². The molecule has 0 radical (unpaired) electrons. The molecule has 9 nitrogen and oxygen atoms in total. The molecule has 3 heterocycles. The number of fused-ring (bicyclic) bond motifs is 1. The van der Waals surface area contributed by atoms with Crippen molar-refractivity contribution in [1.29, 1.82) is 0 Å². The van der Waals surface area contributed by atoms with Gasteiger partial charge in [0, 0.05) is 17.8 Å². The molecule has 1 aliphatic heterocycles. The second-order valence-electron chi connectivity index (χ2n) is 8.13. The first-order chi connectivity index (χ1) is 15.9. The Kier molecular flexibility index (Phi) is 6.14. The molecule has 0 aliphatic carbocycles. The zero-order valence-corrected chi connectivity index (χ0v) is 18.7. The zero-order valence-electron chi connectivity index (χ0n) is 17.9. The number of alkyl halides is 3. The second kappa shape index (κ2) is 8.78. The van der Waals surface area contributed by atoms with Gasteiger partial charge in [-0.15, -0.1) is 0 Å². The summed E-state index contributed by atoms with van der Waals surface area (Å²) in [6.45, 7) is 0.264. The van der Waals surface area contributed by atoms with Crippen LogP contribution in [0.25, 0.3) is 11.1 Å². The number of pyridine rings is 1. The molecule has 1 saturated heterocycles. The van der Waals surface area contributed by atoms with Gasteiger partial charge in [0.2, 0.25) is 0 Å². The topological polar surface area (TPSA) is 121 Å². The Hall–Kier alpha value is -3.35. The van der Waals surface area contributed by atoms with Crippen molar-refractivity contribution in [3.05, 3.63) is 42.4 Å². The van der Waals surface area contributed by atoms with Gasteiger partial charge in [-0.1, -0.05) is 0 Å². The third-order valence-corrected chi connectivity index (χ3v) is 6.89. The number of halogens is 3. The van der Waals surface area contributed by atoms with Gasteiger partial charge in [0.05, 0.1) is 11.5 Å². The monoisotopic (exact) mass is 499 g/mol. The standard InChI is InChI=1S/C21H20F3N3O6S/c1-20(6-9-34(29,30)10-7-20)27-17(28)19-26-14-11-13(4-5-15(14)33-19)32-18-16(3-2-8-25-18)31-12-21(22,23)24/h2-5,8,11H,6-7,9-10,12H2,1H3,(H,27,28). The molecule has 1 fully saturated rings. The Morgan fingerprint density at radius 2 is 1.97 bits per heavy atom. The summed E-state index contributed by atoms with van der Waals surface area (Å²) in [4.78, 5) is 20.7. The van der Waals surface area contributed by atoms with E-state index < -0.39 is 34.1 Å². The molecule has 0 spiro atoms. The van der Waals surface area contributed by atoms with Crippen LogP contribution in [0.1, 0.15) is 30.5 Å². The van der Waals surface area contributed by atoms with Crippen molar-refractivity contribution < 1.29 is 40.3 Å². The molecule has 182 valence electrons. The molecule has 0 atom stereocenters. The quantitative estimate of drug-likeness (QED) is 0.546. The minimum atomic E-state index is -4.52. The molecule has 0 bridgehead atoms. The Morgan fingerprint density at radius 3 is 2.68 bits per heavy atom. The summed E-state index contributed by atoms with van der Waals surface area (Å²) in [5.74, 6) is -1.01. The maximum Gasteiger partial charge on any atom is 0.422 e. The number of amides is 1. The summed E-state index contributed by atoms with van der Waals surface area (Å²) < 4.78 is 76.6. The number of benzene rings is 1. The fourth-order valence-corrected chi connectivity index (χ4v) is 5.07. The highest BCUT2D eigenvalue weighted by atomic mass is 32.2. The molecule has 13 heteroatoms. The molecule has 1 aromatic carbocycles. The highest BCUT2D eigenvalue weighted by Crippen LogP contribution is 2.32. The smallest absolute Gasteiger partial charge is 0.422 e. The number of nitrogens with one attached hydrogen (secondary N) is 1. The van der Waals surface area contributed by atoms with Crippen LogP contribution in [-0.4, -0.2) is 54.1 Å². The highest BCUT2D eigenvalue weighted by Gasteiger charge is 2.35. The predicted molar refractivity (Wildman–Crippen MR) is 114 cm³/mol. The molecule has 4 rings (SSSR count).